The highest BCUT2D eigenvalue weighted by Gasteiger charge is 2.28. The Bertz CT molecular complexity index is 753. The number of aromatic nitrogens is 2. The van der Waals surface area contributed by atoms with Gasteiger partial charge < -0.3 is 15.3 Å². The van der Waals surface area contributed by atoms with E-state index in [9.17, 15) is 9.59 Å². The quantitative estimate of drug-likeness (QED) is 0.811. The van der Waals surface area contributed by atoms with Crippen LogP contribution in [0.4, 0.5) is 5.69 Å². The lowest BCUT2D eigenvalue weighted by molar-refractivity contribution is -0.121. The van der Waals surface area contributed by atoms with Crippen molar-refractivity contribution >= 4 is 22.6 Å². The van der Waals surface area contributed by atoms with E-state index in [1.807, 2.05) is 6.92 Å². The van der Waals surface area contributed by atoms with Gasteiger partial charge in [0, 0.05) is 18.8 Å². The molecule has 1 aliphatic rings. The molecule has 1 fully saturated rings. The predicted molar refractivity (Wildman–Crippen MR) is 91.5 cm³/mol. The molecule has 2 aromatic rings. The average molecular weight is 316 g/mol. The molecule has 3 rings (SSSR count). The number of amides is 1. The van der Waals surface area contributed by atoms with E-state index in [0.717, 1.165) is 18.6 Å². The van der Waals surface area contributed by atoms with E-state index in [2.05, 4.69) is 34.0 Å². The second-order valence-corrected chi connectivity index (χ2v) is 6.90. The number of nitrogens with zero attached hydrogens (tertiary/aromatic N) is 1. The SMILES string of the molecule is C[C@@H]1C[C@H](C)CN([C@@H](C)C(=O)Nc2ccc3[nH]c(=O)[nH]c3c2)C1. The summed E-state index contributed by atoms with van der Waals surface area (Å²) < 4.78 is 0. The smallest absolute Gasteiger partial charge is 0.323 e. The van der Waals surface area contributed by atoms with Crippen LogP contribution in [0.25, 0.3) is 11.0 Å². The summed E-state index contributed by atoms with van der Waals surface area (Å²) in [6.07, 6.45) is 1.22. The summed E-state index contributed by atoms with van der Waals surface area (Å²) in [4.78, 5) is 31.5. The maximum absolute atomic E-state index is 12.5. The first-order valence-electron chi connectivity index (χ1n) is 8.19. The molecule has 3 atom stereocenters. The summed E-state index contributed by atoms with van der Waals surface area (Å²) in [5.74, 6) is 1.23. The number of benzene rings is 1. The molecule has 0 unspecified atom stereocenters. The highest BCUT2D eigenvalue weighted by atomic mass is 16.2. The van der Waals surface area contributed by atoms with Gasteiger partial charge >= 0.3 is 5.69 Å². The van der Waals surface area contributed by atoms with E-state index in [0.29, 0.717) is 23.0 Å². The van der Waals surface area contributed by atoms with Crippen LogP contribution in [0.5, 0.6) is 0 Å². The number of hydrogen-bond acceptors (Lipinski definition) is 3. The van der Waals surface area contributed by atoms with Gasteiger partial charge in [-0.2, -0.15) is 0 Å². The summed E-state index contributed by atoms with van der Waals surface area (Å²) in [7, 11) is 0. The van der Waals surface area contributed by atoms with E-state index >= 15 is 0 Å². The van der Waals surface area contributed by atoms with Gasteiger partial charge in [-0.05, 0) is 43.4 Å². The third-order valence-corrected chi connectivity index (χ3v) is 4.61. The zero-order valence-electron chi connectivity index (χ0n) is 13.8. The van der Waals surface area contributed by atoms with Gasteiger partial charge in [0.1, 0.15) is 0 Å². The Balaban J connectivity index is 1.70. The number of carbonyl (C=O) groups is 1. The number of likely N-dealkylation sites (tertiary alicyclic amines) is 1. The number of fused-ring (bicyclic) bond motifs is 1. The number of anilines is 1. The van der Waals surface area contributed by atoms with Crippen LogP contribution in [0.15, 0.2) is 23.0 Å². The van der Waals surface area contributed by atoms with Crippen molar-refractivity contribution in [2.45, 2.75) is 33.2 Å². The molecule has 6 nitrogen and oxygen atoms in total. The molecule has 0 bridgehead atoms. The first-order valence-corrected chi connectivity index (χ1v) is 8.19. The molecule has 6 heteroatoms. The Labute approximate surface area is 135 Å². The molecule has 2 heterocycles. The van der Waals surface area contributed by atoms with Gasteiger partial charge in [-0.1, -0.05) is 13.8 Å². The van der Waals surface area contributed by atoms with Crippen molar-refractivity contribution in [1.29, 1.82) is 0 Å². The lowest BCUT2D eigenvalue weighted by Crippen LogP contribution is -2.48. The molecular formula is C17H24N4O2. The number of piperidine rings is 1. The Hall–Kier alpha value is -2.08. The summed E-state index contributed by atoms with van der Waals surface area (Å²) in [5, 5.41) is 2.95. The second-order valence-electron chi connectivity index (χ2n) is 6.90. The normalized spacial score (nSPS) is 23.8. The van der Waals surface area contributed by atoms with Crippen LogP contribution >= 0.6 is 0 Å². The molecule has 1 aromatic heterocycles. The molecule has 0 spiro atoms. The van der Waals surface area contributed by atoms with Crippen LogP contribution in [0.3, 0.4) is 0 Å². The second kappa shape index (κ2) is 6.20. The van der Waals surface area contributed by atoms with E-state index in [1.54, 1.807) is 18.2 Å². The average Bonchev–Trinajstić information content (AvgIpc) is 2.84. The molecule has 3 N–H and O–H groups in total. The number of imidazole rings is 1. The van der Waals surface area contributed by atoms with Gasteiger partial charge in [0.25, 0.3) is 0 Å². The minimum Gasteiger partial charge on any atom is -0.325 e. The molecule has 23 heavy (non-hydrogen) atoms. The lowest BCUT2D eigenvalue weighted by atomic mass is 9.91. The maximum Gasteiger partial charge on any atom is 0.323 e. The first-order chi connectivity index (χ1) is 10.9. The molecule has 124 valence electrons. The topological polar surface area (TPSA) is 81.0 Å². The van der Waals surface area contributed by atoms with E-state index in [4.69, 9.17) is 0 Å². The van der Waals surface area contributed by atoms with Gasteiger partial charge in [0.15, 0.2) is 0 Å². The zero-order chi connectivity index (χ0) is 16.6. The Morgan fingerprint density at radius 3 is 2.57 bits per heavy atom. The predicted octanol–water partition coefficient (Wildman–Crippen LogP) is 2.16. The molecule has 1 aliphatic heterocycles. The minimum absolute atomic E-state index is 0.0106. The lowest BCUT2D eigenvalue weighted by Gasteiger charge is -2.38. The van der Waals surface area contributed by atoms with Crippen molar-refractivity contribution in [3.63, 3.8) is 0 Å². The Morgan fingerprint density at radius 1 is 1.22 bits per heavy atom. The third kappa shape index (κ3) is 3.47. The Morgan fingerprint density at radius 2 is 1.87 bits per heavy atom. The maximum atomic E-state index is 12.5. The van der Waals surface area contributed by atoms with Gasteiger partial charge in [0.05, 0.1) is 17.1 Å². The van der Waals surface area contributed by atoms with Crippen LogP contribution in [0, 0.1) is 11.8 Å². The van der Waals surface area contributed by atoms with Crippen molar-refractivity contribution in [2.75, 3.05) is 18.4 Å². The van der Waals surface area contributed by atoms with E-state index in [-0.39, 0.29) is 17.6 Å². The number of H-pyrrole nitrogens is 2. The van der Waals surface area contributed by atoms with Crippen LogP contribution in [0.2, 0.25) is 0 Å². The number of nitrogens with one attached hydrogen (secondary N) is 3. The fourth-order valence-electron chi connectivity index (χ4n) is 3.55. The summed E-state index contributed by atoms with van der Waals surface area (Å²) in [5.41, 5.74) is 1.89. The third-order valence-electron chi connectivity index (χ3n) is 4.61. The number of rotatable bonds is 3. The molecule has 1 saturated heterocycles. The van der Waals surface area contributed by atoms with Gasteiger partial charge in [0.2, 0.25) is 5.91 Å². The zero-order valence-corrected chi connectivity index (χ0v) is 13.8. The van der Waals surface area contributed by atoms with Crippen LogP contribution < -0.4 is 11.0 Å². The highest BCUT2D eigenvalue weighted by Crippen LogP contribution is 2.23. The number of aromatic amines is 2. The van der Waals surface area contributed by atoms with Crippen LogP contribution in [-0.2, 0) is 4.79 Å². The standard InChI is InChI=1S/C17H24N4O2/c1-10-6-11(2)9-21(8-10)12(3)16(22)18-13-4-5-14-15(7-13)20-17(23)19-14/h4-5,7,10-12H,6,8-9H2,1-3H3,(H,18,22)(H2,19,20,23)/t10-,11+,12-/m0/s1. The van der Waals surface area contributed by atoms with Crippen molar-refractivity contribution in [3.05, 3.63) is 28.7 Å². The molecule has 0 saturated carbocycles. The summed E-state index contributed by atoms with van der Waals surface area (Å²) >= 11 is 0. The van der Waals surface area contributed by atoms with E-state index < -0.39 is 0 Å². The van der Waals surface area contributed by atoms with E-state index in [1.165, 1.54) is 6.42 Å². The van der Waals surface area contributed by atoms with Crippen LogP contribution in [0.1, 0.15) is 27.2 Å². The molecule has 1 amide bonds. The van der Waals surface area contributed by atoms with Crippen molar-refractivity contribution in [3.8, 4) is 0 Å². The summed E-state index contributed by atoms with van der Waals surface area (Å²) in [6.45, 7) is 8.36. The van der Waals surface area contributed by atoms with Crippen molar-refractivity contribution in [2.24, 2.45) is 11.8 Å². The first kappa shape index (κ1) is 15.8. The molecule has 0 aliphatic carbocycles. The molecule has 1 aromatic carbocycles. The largest absolute Gasteiger partial charge is 0.325 e. The fraction of sp³-hybridized carbons (Fsp3) is 0.529. The van der Waals surface area contributed by atoms with Crippen molar-refractivity contribution < 1.29 is 4.79 Å². The van der Waals surface area contributed by atoms with Crippen LogP contribution in [-0.4, -0.2) is 39.9 Å². The Kier molecular flexibility index (Phi) is 4.26. The van der Waals surface area contributed by atoms with Crippen molar-refractivity contribution in [1.82, 2.24) is 14.9 Å². The minimum atomic E-state index is -0.242. The fourth-order valence-corrected chi connectivity index (χ4v) is 3.55. The van der Waals surface area contributed by atoms with Gasteiger partial charge in [-0.15, -0.1) is 0 Å². The molecule has 0 radical (unpaired) electrons. The van der Waals surface area contributed by atoms with Gasteiger partial charge in [-0.25, -0.2) is 4.79 Å². The number of carbonyl (C=O) groups excluding carboxylic acids is 1. The number of hydrogen-bond donors (Lipinski definition) is 3. The monoisotopic (exact) mass is 316 g/mol. The molecular weight excluding hydrogens is 292 g/mol. The highest BCUT2D eigenvalue weighted by molar-refractivity contribution is 5.96. The summed E-state index contributed by atoms with van der Waals surface area (Å²) in [6, 6.07) is 5.21. The van der Waals surface area contributed by atoms with Gasteiger partial charge in [-0.3, -0.25) is 9.69 Å².